The molecule has 1 aliphatic heterocycles. The number of carbonyl (C=O) groups is 2. The first-order chi connectivity index (χ1) is 16.7. The van der Waals surface area contributed by atoms with Crippen molar-refractivity contribution in [3.63, 3.8) is 0 Å². The van der Waals surface area contributed by atoms with Crippen LogP contribution in [0.25, 0.3) is 10.2 Å². The van der Waals surface area contributed by atoms with Crippen molar-refractivity contribution >= 4 is 38.4 Å². The number of aromatic nitrogens is 1. The van der Waals surface area contributed by atoms with E-state index >= 15 is 0 Å². The lowest BCUT2D eigenvalue weighted by molar-refractivity contribution is 0.0391. The van der Waals surface area contributed by atoms with Crippen LogP contribution in [0, 0.1) is 0 Å². The Hall–Kier alpha value is -3.39. The average Bonchev–Trinajstić information content (AvgIpc) is 3.33. The molecular weight excluding hydrogens is 446 g/mol. The summed E-state index contributed by atoms with van der Waals surface area (Å²) in [4.78, 5) is 35.1. The number of thiazole rings is 1. The van der Waals surface area contributed by atoms with Crippen LogP contribution in [0.1, 0.15) is 26.3 Å². The van der Waals surface area contributed by atoms with E-state index in [-0.39, 0.29) is 11.7 Å². The lowest BCUT2D eigenvalue weighted by Gasteiger charge is -2.29. The van der Waals surface area contributed by atoms with Crippen LogP contribution in [0.15, 0.2) is 78.9 Å². The zero-order valence-electron chi connectivity index (χ0n) is 18.7. The van der Waals surface area contributed by atoms with Gasteiger partial charge in [-0.3, -0.25) is 19.4 Å². The van der Waals surface area contributed by atoms with Crippen molar-refractivity contribution in [2.24, 2.45) is 0 Å². The van der Waals surface area contributed by atoms with Crippen molar-refractivity contribution in [1.82, 2.24) is 9.88 Å². The first kappa shape index (κ1) is 22.4. The summed E-state index contributed by atoms with van der Waals surface area (Å²) in [5.74, 6) is -0.180. The lowest BCUT2D eigenvalue weighted by atomic mass is 10.0. The second-order valence-electron chi connectivity index (χ2n) is 8.15. The van der Waals surface area contributed by atoms with Crippen LogP contribution >= 0.6 is 11.3 Å². The standard InChI is InChI=1S/C27H25N3O3S/c31-25(20-6-2-1-3-7-20)21-10-12-22(13-11-21)26(32)30(15-14-29-16-18-33-19-17-29)27-28-23-8-4-5-9-24(23)34-27/h1-13H,14-19H2. The van der Waals surface area contributed by atoms with Gasteiger partial charge in [0.1, 0.15) is 0 Å². The fourth-order valence-electron chi connectivity index (χ4n) is 4.00. The molecule has 0 spiro atoms. The maximum atomic E-state index is 13.6. The summed E-state index contributed by atoms with van der Waals surface area (Å²) in [6.07, 6.45) is 0. The zero-order valence-corrected chi connectivity index (χ0v) is 19.5. The maximum absolute atomic E-state index is 13.6. The number of fused-ring (bicyclic) bond motifs is 1. The van der Waals surface area contributed by atoms with E-state index in [1.807, 2.05) is 42.5 Å². The average molecular weight is 472 g/mol. The highest BCUT2D eigenvalue weighted by Gasteiger charge is 2.23. The summed E-state index contributed by atoms with van der Waals surface area (Å²) in [5, 5.41) is 0.684. The highest BCUT2D eigenvalue weighted by molar-refractivity contribution is 7.22. The number of ether oxygens (including phenoxy) is 1. The summed E-state index contributed by atoms with van der Waals surface area (Å²) in [6, 6.07) is 24.0. The molecule has 0 radical (unpaired) electrons. The normalized spacial score (nSPS) is 14.2. The summed E-state index contributed by atoms with van der Waals surface area (Å²) in [7, 11) is 0. The number of hydrogen-bond donors (Lipinski definition) is 0. The second-order valence-corrected chi connectivity index (χ2v) is 9.16. The largest absolute Gasteiger partial charge is 0.379 e. The van der Waals surface area contributed by atoms with Crippen LogP contribution in [0.4, 0.5) is 5.13 Å². The van der Waals surface area contributed by atoms with Crippen LogP contribution in [0.3, 0.4) is 0 Å². The van der Waals surface area contributed by atoms with Gasteiger partial charge in [-0.25, -0.2) is 4.98 Å². The van der Waals surface area contributed by atoms with E-state index in [9.17, 15) is 9.59 Å². The monoisotopic (exact) mass is 471 g/mol. The topological polar surface area (TPSA) is 62.7 Å². The summed E-state index contributed by atoms with van der Waals surface area (Å²) < 4.78 is 6.50. The van der Waals surface area contributed by atoms with Crippen molar-refractivity contribution < 1.29 is 14.3 Å². The molecular formula is C27H25N3O3S. The molecule has 1 aliphatic rings. The van der Waals surface area contributed by atoms with Gasteiger partial charge >= 0.3 is 0 Å². The minimum Gasteiger partial charge on any atom is -0.379 e. The number of nitrogens with zero attached hydrogens (tertiary/aromatic N) is 3. The van der Waals surface area contributed by atoms with Gasteiger partial charge in [0.25, 0.3) is 5.91 Å². The Morgan fingerprint density at radius 1 is 0.853 bits per heavy atom. The lowest BCUT2D eigenvalue weighted by Crippen LogP contribution is -2.43. The van der Waals surface area contributed by atoms with E-state index in [0.717, 1.165) is 29.9 Å². The number of amides is 1. The number of hydrogen-bond acceptors (Lipinski definition) is 6. The molecule has 7 heteroatoms. The van der Waals surface area contributed by atoms with Crippen molar-refractivity contribution in [2.45, 2.75) is 0 Å². The molecule has 1 saturated heterocycles. The predicted molar refractivity (Wildman–Crippen MR) is 135 cm³/mol. The SMILES string of the molecule is O=C(c1ccccc1)c1ccc(C(=O)N(CCN2CCOCC2)c2nc3ccccc3s2)cc1. The van der Waals surface area contributed by atoms with Crippen LogP contribution in [-0.4, -0.2) is 61.0 Å². The van der Waals surface area contributed by atoms with Gasteiger partial charge in [-0.1, -0.05) is 65.9 Å². The number of para-hydroxylation sites is 1. The molecule has 1 amide bonds. The van der Waals surface area contributed by atoms with E-state index in [0.29, 0.717) is 41.6 Å². The van der Waals surface area contributed by atoms with Gasteiger partial charge < -0.3 is 4.74 Å². The second kappa shape index (κ2) is 10.3. The number of rotatable bonds is 7. The van der Waals surface area contributed by atoms with Gasteiger partial charge in [0, 0.05) is 42.9 Å². The molecule has 5 rings (SSSR count). The fourth-order valence-corrected chi connectivity index (χ4v) is 4.99. The van der Waals surface area contributed by atoms with Gasteiger partial charge in [-0.2, -0.15) is 0 Å². The molecule has 0 unspecified atom stereocenters. The quantitative estimate of drug-likeness (QED) is 0.371. The Bertz CT molecular complexity index is 1250. The van der Waals surface area contributed by atoms with Crippen LogP contribution in [-0.2, 0) is 4.74 Å². The van der Waals surface area contributed by atoms with Crippen molar-refractivity contribution in [1.29, 1.82) is 0 Å². The highest BCUT2D eigenvalue weighted by atomic mass is 32.1. The molecule has 34 heavy (non-hydrogen) atoms. The molecule has 0 bridgehead atoms. The highest BCUT2D eigenvalue weighted by Crippen LogP contribution is 2.29. The van der Waals surface area contributed by atoms with E-state index in [4.69, 9.17) is 9.72 Å². The number of morpholine rings is 1. The molecule has 1 aromatic heterocycles. The third-order valence-electron chi connectivity index (χ3n) is 5.93. The zero-order chi connectivity index (χ0) is 23.3. The first-order valence-corrected chi connectivity index (χ1v) is 12.2. The third-order valence-corrected chi connectivity index (χ3v) is 6.99. The molecule has 2 heterocycles. The predicted octanol–water partition coefficient (Wildman–Crippen LogP) is 4.51. The van der Waals surface area contributed by atoms with E-state index in [2.05, 4.69) is 4.90 Å². The minimum atomic E-state index is -0.119. The Kier molecular flexibility index (Phi) is 6.76. The summed E-state index contributed by atoms with van der Waals surface area (Å²) >= 11 is 1.52. The Morgan fingerprint density at radius 3 is 2.24 bits per heavy atom. The third kappa shape index (κ3) is 4.92. The van der Waals surface area contributed by atoms with Crippen molar-refractivity contribution in [3.05, 3.63) is 95.6 Å². The van der Waals surface area contributed by atoms with E-state index in [1.165, 1.54) is 11.3 Å². The van der Waals surface area contributed by atoms with Gasteiger partial charge in [0.2, 0.25) is 0 Å². The Labute approximate surface area is 202 Å². The molecule has 0 atom stereocenters. The smallest absolute Gasteiger partial charge is 0.260 e. The molecule has 172 valence electrons. The molecule has 3 aromatic carbocycles. The van der Waals surface area contributed by atoms with Crippen LogP contribution in [0.5, 0.6) is 0 Å². The Morgan fingerprint density at radius 2 is 1.50 bits per heavy atom. The molecule has 0 N–H and O–H groups in total. The minimum absolute atomic E-state index is 0.0602. The van der Waals surface area contributed by atoms with Crippen LogP contribution in [0.2, 0.25) is 0 Å². The van der Waals surface area contributed by atoms with E-state index in [1.54, 1.807) is 41.3 Å². The fraction of sp³-hybridized carbons (Fsp3) is 0.222. The maximum Gasteiger partial charge on any atom is 0.260 e. The van der Waals surface area contributed by atoms with Crippen molar-refractivity contribution in [2.75, 3.05) is 44.3 Å². The molecule has 6 nitrogen and oxygen atoms in total. The summed E-state index contributed by atoms with van der Waals surface area (Å²) in [5.41, 5.74) is 2.60. The van der Waals surface area contributed by atoms with Crippen molar-refractivity contribution in [3.8, 4) is 0 Å². The van der Waals surface area contributed by atoms with Gasteiger partial charge in [-0.05, 0) is 24.3 Å². The van der Waals surface area contributed by atoms with E-state index < -0.39 is 0 Å². The van der Waals surface area contributed by atoms with Gasteiger partial charge in [0.05, 0.1) is 23.4 Å². The molecule has 0 saturated carbocycles. The Balaban J connectivity index is 1.39. The molecule has 4 aromatic rings. The molecule has 0 aliphatic carbocycles. The number of ketones is 1. The first-order valence-electron chi connectivity index (χ1n) is 11.4. The number of benzene rings is 3. The molecule has 1 fully saturated rings. The number of carbonyl (C=O) groups excluding carboxylic acids is 2. The van der Waals surface area contributed by atoms with Crippen LogP contribution < -0.4 is 4.90 Å². The van der Waals surface area contributed by atoms with Gasteiger partial charge in [0.15, 0.2) is 10.9 Å². The van der Waals surface area contributed by atoms with Gasteiger partial charge in [-0.15, -0.1) is 0 Å². The number of anilines is 1. The summed E-state index contributed by atoms with van der Waals surface area (Å²) in [6.45, 7) is 4.42.